The normalized spacial score (nSPS) is 18.1. The van der Waals surface area contributed by atoms with Crippen LogP contribution in [0.4, 0.5) is 13.2 Å². The number of fused-ring (bicyclic) bond motifs is 1. The summed E-state index contributed by atoms with van der Waals surface area (Å²) in [6.45, 7) is 1.72. The highest BCUT2D eigenvalue weighted by atomic mass is 19.4. The lowest BCUT2D eigenvalue weighted by atomic mass is 9.90. The largest absolute Gasteiger partial charge is 0.464 e. The van der Waals surface area contributed by atoms with Gasteiger partial charge in [0.2, 0.25) is 5.91 Å². The Bertz CT molecular complexity index is 758. The van der Waals surface area contributed by atoms with Gasteiger partial charge in [0, 0.05) is 36.9 Å². The summed E-state index contributed by atoms with van der Waals surface area (Å²) in [6, 6.07) is 5.65. The molecular formula is C17H18F3NO3. The van der Waals surface area contributed by atoms with E-state index >= 15 is 0 Å². The van der Waals surface area contributed by atoms with Crippen LogP contribution in [0, 0.1) is 6.92 Å². The van der Waals surface area contributed by atoms with Gasteiger partial charge in [0.25, 0.3) is 0 Å². The van der Waals surface area contributed by atoms with Crippen LogP contribution in [-0.4, -0.2) is 40.8 Å². The fourth-order valence-electron chi connectivity index (χ4n) is 3.01. The number of aliphatic hydroxyl groups is 1. The predicted octanol–water partition coefficient (Wildman–Crippen LogP) is 3.20. The number of amides is 1. The maximum Gasteiger partial charge on any atom is 0.417 e. The number of carbonyl (C=O) groups is 1. The predicted molar refractivity (Wildman–Crippen MR) is 81.5 cm³/mol. The van der Waals surface area contributed by atoms with Crippen molar-refractivity contribution < 1.29 is 27.5 Å². The summed E-state index contributed by atoms with van der Waals surface area (Å²) in [7, 11) is 0. The number of benzene rings is 1. The van der Waals surface area contributed by atoms with E-state index < -0.39 is 24.6 Å². The highest BCUT2D eigenvalue weighted by Crippen LogP contribution is 2.38. The number of halogens is 3. The first-order valence-electron chi connectivity index (χ1n) is 7.73. The van der Waals surface area contributed by atoms with Crippen LogP contribution in [0.5, 0.6) is 0 Å². The van der Waals surface area contributed by atoms with E-state index in [4.69, 9.17) is 4.42 Å². The number of furan rings is 1. The first-order chi connectivity index (χ1) is 11.2. The van der Waals surface area contributed by atoms with Gasteiger partial charge in [-0.15, -0.1) is 0 Å². The number of rotatable bonds is 2. The first kappa shape index (κ1) is 16.8. The molecule has 4 nitrogen and oxygen atoms in total. The quantitative estimate of drug-likeness (QED) is 0.913. The average Bonchev–Trinajstić information content (AvgIpc) is 2.89. The molecule has 24 heavy (non-hydrogen) atoms. The molecule has 0 unspecified atom stereocenters. The van der Waals surface area contributed by atoms with Crippen LogP contribution in [0.25, 0.3) is 11.0 Å². The second-order valence-electron chi connectivity index (χ2n) is 6.35. The van der Waals surface area contributed by atoms with E-state index in [0.29, 0.717) is 11.1 Å². The zero-order valence-corrected chi connectivity index (χ0v) is 13.2. The maximum atomic E-state index is 12.8. The van der Waals surface area contributed by atoms with Crippen LogP contribution in [0.2, 0.25) is 0 Å². The Labute approximate surface area is 136 Å². The van der Waals surface area contributed by atoms with Crippen molar-refractivity contribution in [3.63, 3.8) is 0 Å². The number of hydrogen-bond donors (Lipinski definition) is 1. The molecule has 7 heteroatoms. The Balaban J connectivity index is 1.68. The van der Waals surface area contributed by atoms with Crippen LogP contribution in [0.3, 0.4) is 0 Å². The maximum absolute atomic E-state index is 12.8. The van der Waals surface area contributed by atoms with Gasteiger partial charge in [-0.2, -0.15) is 13.2 Å². The van der Waals surface area contributed by atoms with Crippen molar-refractivity contribution in [2.75, 3.05) is 13.1 Å². The number of alkyl halides is 3. The van der Waals surface area contributed by atoms with Gasteiger partial charge >= 0.3 is 6.18 Å². The molecule has 130 valence electrons. The Hall–Kier alpha value is -2.02. The molecule has 1 N–H and O–H groups in total. The lowest BCUT2D eigenvalue weighted by Gasteiger charge is -2.39. The molecule has 2 aromatic rings. The van der Waals surface area contributed by atoms with Gasteiger partial charge in [-0.05, 0) is 18.6 Å². The summed E-state index contributed by atoms with van der Waals surface area (Å²) < 4.78 is 43.8. The Morgan fingerprint density at radius 1 is 1.33 bits per heavy atom. The molecule has 3 rings (SSSR count). The highest BCUT2D eigenvalue weighted by Gasteiger charge is 2.54. The number of nitrogens with zero attached hydrogens (tertiary/aromatic N) is 1. The fourth-order valence-corrected chi connectivity index (χ4v) is 3.01. The van der Waals surface area contributed by atoms with E-state index in [1.165, 1.54) is 11.2 Å². The van der Waals surface area contributed by atoms with Crippen molar-refractivity contribution in [1.82, 2.24) is 4.90 Å². The van der Waals surface area contributed by atoms with Crippen LogP contribution >= 0.6 is 0 Å². The summed E-state index contributed by atoms with van der Waals surface area (Å²) in [5.74, 6) is -0.262. The summed E-state index contributed by atoms with van der Waals surface area (Å²) in [4.78, 5) is 13.7. The minimum atomic E-state index is -4.67. The summed E-state index contributed by atoms with van der Waals surface area (Å²) >= 11 is 0. The zero-order chi connectivity index (χ0) is 17.5. The fraction of sp³-hybridized carbons (Fsp3) is 0.471. The topological polar surface area (TPSA) is 53.7 Å². The molecule has 1 saturated heterocycles. The van der Waals surface area contributed by atoms with E-state index in [2.05, 4.69) is 0 Å². The molecule has 1 amide bonds. The summed E-state index contributed by atoms with van der Waals surface area (Å²) in [5.41, 5.74) is -0.254. The molecule has 0 atom stereocenters. The lowest BCUT2D eigenvalue weighted by Crippen LogP contribution is -2.54. The number of hydrogen-bond acceptors (Lipinski definition) is 3. The van der Waals surface area contributed by atoms with Crippen molar-refractivity contribution in [2.45, 2.75) is 38.0 Å². The van der Waals surface area contributed by atoms with E-state index in [1.54, 1.807) is 0 Å². The number of carbonyl (C=O) groups excluding carboxylic acids is 1. The van der Waals surface area contributed by atoms with E-state index in [1.807, 2.05) is 25.1 Å². The van der Waals surface area contributed by atoms with Crippen LogP contribution in [0.15, 0.2) is 28.9 Å². The van der Waals surface area contributed by atoms with Crippen molar-refractivity contribution in [3.8, 4) is 0 Å². The van der Waals surface area contributed by atoms with Crippen LogP contribution < -0.4 is 0 Å². The first-order valence-corrected chi connectivity index (χ1v) is 7.73. The third kappa shape index (κ3) is 3.00. The van der Waals surface area contributed by atoms with Gasteiger partial charge in [-0.25, -0.2) is 0 Å². The van der Waals surface area contributed by atoms with Gasteiger partial charge in [0.15, 0.2) is 5.60 Å². The Morgan fingerprint density at radius 2 is 2.00 bits per heavy atom. The molecule has 2 heterocycles. The second-order valence-corrected chi connectivity index (χ2v) is 6.35. The molecule has 1 aromatic carbocycles. The molecular weight excluding hydrogens is 323 g/mol. The SMILES string of the molecule is Cc1ccc2c(CC(=O)N3CCC(O)(C(F)(F)F)CC3)coc2c1. The molecule has 1 aliphatic rings. The Morgan fingerprint density at radius 3 is 2.62 bits per heavy atom. The second kappa shape index (κ2) is 5.81. The summed E-state index contributed by atoms with van der Waals surface area (Å²) in [5, 5.41) is 10.5. The number of aryl methyl sites for hydroxylation is 1. The van der Waals surface area contributed by atoms with Crippen molar-refractivity contribution in [2.24, 2.45) is 0 Å². The number of likely N-dealkylation sites (tertiary alicyclic amines) is 1. The van der Waals surface area contributed by atoms with Crippen LogP contribution in [-0.2, 0) is 11.2 Å². The monoisotopic (exact) mass is 341 g/mol. The molecule has 0 bridgehead atoms. The van der Waals surface area contributed by atoms with Gasteiger partial charge in [0.1, 0.15) is 5.58 Å². The molecule has 0 radical (unpaired) electrons. The lowest BCUT2D eigenvalue weighted by molar-refractivity contribution is -0.272. The van der Waals surface area contributed by atoms with E-state index in [0.717, 1.165) is 10.9 Å². The summed E-state index contributed by atoms with van der Waals surface area (Å²) in [6.07, 6.45) is -4.07. The van der Waals surface area contributed by atoms with E-state index in [-0.39, 0.29) is 25.4 Å². The van der Waals surface area contributed by atoms with Crippen molar-refractivity contribution >= 4 is 16.9 Å². The van der Waals surface area contributed by atoms with E-state index in [9.17, 15) is 23.1 Å². The third-order valence-corrected chi connectivity index (χ3v) is 4.62. The molecule has 0 saturated carbocycles. The number of piperidine rings is 1. The molecule has 0 aliphatic carbocycles. The smallest absolute Gasteiger partial charge is 0.417 e. The minimum absolute atomic E-state index is 0.0699. The van der Waals surface area contributed by atoms with Crippen LogP contribution in [0.1, 0.15) is 24.0 Å². The standard InChI is InChI=1S/C17H18F3NO3/c1-11-2-3-13-12(10-24-14(13)8-11)9-15(22)21-6-4-16(23,5-7-21)17(18,19)20/h2-3,8,10,23H,4-7,9H2,1H3. The zero-order valence-electron chi connectivity index (χ0n) is 13.2. The Kier molecular flexibility index (Phi) is 4.07. The third-order valence-electron chi connectivity index (χ3n) is 4.62. The molecule has 1 aliphatic heterocycles. The van der Waals surface area contributed by atoms with Gasteiger partial charge in [-0.3, -0.25) is 4.79 Å². The minimum Gasteiger partial charge on any atom is -0.464 e. The molecule has 1 aromatic heterocycles. The van der Waals surface area contributed by atoms with Crippen molar-refractivity contribution in [1.29, 1.82) is 0 Å². The van der Waals surface area contributed by atoms with Gasteiger partial charge in [0.05, 0.1) is 12.7 Å². The van der Waals surface area contributed by atoms with Crippen molar-refractivity contribution in [3.05, 3.63) is 35.6 Å². The highest BCUT2D eigenvalue weighted by molar-refractivity contribution is 5.88. The average molecular weight is 341 g/mol. The van der Waals surface area contributed by atoms with Gasteiger partial charge in [-0.1, -0.05) is 12.1 Å². The van der Waals surface area contributed by atoms with Gasteiger partial charge < -0.3 is 14.4 Å². The molecule has 1 fully saturated rings. The molecule has 0 spiro atoms.